The second-order valence-corrected chi connectivity index (χ2v) is 7.42. The zero-order valence-corrected chi connectivity index (χ0v) is 13.7. The summed E-state index contributed by atoms with van der Waals surface area (Å²) in [6.07, 6.45) is 2.30. The van der Waals surface area contributed by atoms with Gasteiger partial charge in [0.25, 0.3) is 0 Å². The van der Waals surface area contributed by atoms with Crippen LogP contribution in [0.3, 0.4) is 0 Å². The number of rotatable bonds is 5. The van der Waals surface area contributed by atoms with Crippen molar-refractivity contribution < 1.29 is 18.1 Å². The first-order valence-corrected chi connectivity index (χ1v) is 9.24. The Bertz CT molecular complexity index is 594. The van der Waals surface area contributed by atoms with Crippen LogP contribution in [0.1, 0.15) is 12.8 Å². The van der Waals surface area contributed by atoms with E-state index in [1.165, 1.54) is 12.1 Å². The molecule has 2 amide bonds. The number of urea groups is 1. The van der Waals surface area contributed by atoms with Gasteiger partial charge in [-0.05, 0) is 30.9 Å². The molecule has 5 nitrogen and oxygen atoms in total. The van der Waals surface area contributed by atoms with Crippen molar-refractivity contribution in [1.82, 2.24) is 10.2 Å². The lowest BCUT2D eigenvalue weighted by molar-refractivity contribution is 0.00484. The number of benzene rings is 1. The van der Waals surface area contributed by atoms with Gasteiger partial charge in [-0.2, -0.15) is 0 Å². The molecule has 1 saturated heterocycles. The Hall–Kier alpha value is -1.47. The van der Waals surface area contributed by atoms with Crippen LogP contribution in [0.4, 0.5) is 9.18 Å². The molecule has 0 unspecified atom stereocenters. The fraction of sp³-hybridized carbons (Fsp3) is 0.562. The van der Waals surface area contributed by atoms with Gasteiger partial charge in [-0.25, -0.2) is 9.18 Å². The molecule has 2 atom stereocenters. The standard InChI is InChI=1S/C16H21FN2O3S/c17-13-3-1-2-4-15(13)23(21)10-7-18-16(20)19-8-9-22-11-14(19)12-5-6-12/h1-4,12,14H,5-11H2,(H,18,20)/t14-,23+/m1/s1. The molecular formula is C16H21FN2O3S. The van der Waals surface area contributed by atoms with Crippen LogP contribution >= 0.6 is 0 Å². The molecule has 126 valence electrons. The van der Waals surface area contributed by atoms with Crippen molar-refractivity contribution in [1.29, 1.82) is 0 Å². The van der Waals surface area contributed by atoms with Crippen LogP contribution in [-0.2, 0) is 15.5 Å². The molecule has 1 saturated carbocycles. The third-order valence-corrected chi connectivity index (χ3v) is 5.63. The summed E-state index contributed by atoms with van der Waals surface area (Å²) in [4.78, 5) is 14.3. The van der Waals surface area contributed by atoms with Gasteiger partial charge in [0.2, 0.25) is 0 Å². The number of nitrogens with one attached hydrogen (secondary N) is 1. The summed E-state index contributed by atoms with van der Waals surface area (Å²) in [6, 6.07) is 6.03. The van der Waals surface area contributed by atoms with Crippen LogP contribution in [0.5, 0.6) is 0 Å². The smallest absolute Gasteiger partial charge is 0.317 e. The lowest BCUT2D eigenvalue weighted by Crippen LogP contribution is -2.53. The van der Waals surface area contributed by atoms with Crippen molar-refractivity contribution in [2.24, 2.45) is 5.92 Å². The predicted octanol–water partition coefficient (Wildman–Crippen LogP) is 1.75. The minimum Gasteiger partial charge on any atom is -0.377 e. The fourth-order valence-electron chi connectivity index (χ4n) is 2.84. The van der Waals surface area contributed by atoms with E-state index in [0.29, 0.717) is 25.7 Å². The van der Waals surface area contributed by atoms with E-state index in [9.17, 15) is 13.4 Å². The van der Waals surface area contributed by atoms with Crippen LogP contribution in [-0.4, -0.2) is 53.2 Å². The highest BCUT2D eigenvalue weighted by Gasteiger charge is 2.39. The van der Waals surface area contributed by atoms with Gasteiger partial charge in [0.05, 0.1) is 35.0 Å². The van der Waals surface area contributed by atoms with Gasteiger partial charge in [0.1, 0.15) is 5.82 Å². The maximum Gasteiger partial charge on any atom is 0.317 e. The van der Waals surface area contributed by atoms with Crippen molar-refractivity contribution in [2.45, 2.75) is 23.8 Å². The summed E-state index contributed by atoms with van der Waals surface area (Å²) in [6.45, 7) is 2.00. The summed E-state index contributed by atoms with van der Waals surface area (Å²) in [5.74, 6) is 0.276. The molecule has 1 aliphatic carbocycles. The summed E-state index contributed by atoms with van der Waals surface area (Å²) >= 11 is 0. The maximum absolute atomic E-state index is 13.6. The van der Waals surface area contributed by atoms with Crippen LogP contribution in [0.2, 0.25) is 0 Å². The predicted molar refractivity (Wildman–Crippen MR) is 85.1 cm³/mol. The molecule has 3 rings (SSSR count). The number of nitrogens with zero attached hydrogens (tertiary/aromatic N) is 1. The Morgan fingerprint density at radius 3 is 2.91 bits per heavy atom. The topological polar surface area (TPSA) is 58.6 Å². The summed E-state index contributed by atoms with van der Waals surface area (Å²) in [5, 5.41) is 2.80. The molecule has 0 bridgehead atoms. The average Bonchev–Trinajstić information content (AvgIpc) is 3.40. The van der Waals surface area contributed by atoms with E-state index in [2.05, 4.69) is 5.32 Å². The third-order valence-electron chi connectivity index (χ3n) is 4.24. The monoisotopic (exact) mass is 340 g/mol. The van der Waals surface area contributed by atoms with E-state index in [-0.39, 0.29) is 29.3 Å². The Morgan fingerprint density at radius 2 is 2.17 bits per heavy atom. The zero-order valence-electron chi connectivity index (χ0n) is 12.9. The van der Waals surface area contributed by atoms with Crippen LogP contribution in [0.15, 0.2) is 29.2 Å². The minimum absolute atomic E-state index is 0.143. The molecule has 23 heavy (non-hydrogen) atoms. The number of hydrogen-bond acceptors (Lipinski definition) is 3. The molecule has 1 heterocycles. The number of halogens is 1. The first kappa shape index (κ1) is 16.4. The minimum atomic E-state index is -1.45. The van der Waals surface area contributed by atoms with Crippen molar-refractivity contribution >= 4 is 16.8 Å². The molecule has 1 N–H and O–H groups in total. The molecule has 0 aromatic heterocycles. The molecule has 1 aromatic rings. The third kappa shape index (κ3) is 4.09. The zero-order chi connectivity index (χ0) is 16.2. The van der Waals surface area contributed by atoms with E-state index >= 15 is 0 Å². The highest BCUT2D eigenvalue weighted by Crippen LogP contribution is 2.36. The molecule has 2 fully saturated rings. The van der Waals surface area contributed by atoms with Gasteiger partial charge in [-0.3, -0.25) is 4.21 Å². The number of ether oxygens (including phenoxy) is 1. The van der Waals surface area contributed by atoms with Crippen molar-refractivity contribution in [2.75, 3.05) is 32.1 Å². The van der Waals surface area contributed by atoms with Gasteiger partial charge < -0.3 is 15.0 Å². The van der Waals surface area contributed by atoms with E-state index in [0.717, 1.165) is 12.8 Å². The van der Waals surface area contributed by atoms with Crippen LogP contribution < -0.4 is 5.32 Å². The number of morpholine rings is 1. The van der Waals surface area contributed by atoms with Gasteiger partial charge in [-0.1, -0.05) is 12.1 Å². The van der Waals surface area contributed by atoms with Crippen LogP contribution in [0.25, 0.3) is 0 Å². The molecular weight excluding hydrogens is 319 g/mol. The SMILES string of the molecule is O=C(NCC[S@](=O)c1ccccc1F)N1CCOC[C@@H]1C1CC1. The number of carbonyl (C=O) groups excluding carboxylic acids is 1. The second kappa shape index (κ2) is 7.40. The van der Waals surface area contributed by atoms with Crippen molar-refractivity contribution in [3.63, 3.8) is 0 Å². The Balaban J connectivity index is 1.49. The van der Waals surface area contributed by atoms with E-state index in [1.807, 2.05) is 4.90 Å². The molecule has 0 radical (unpaired) electrons. The Kier molecular flexibility index (Phi) is 5.27. The summed E-state index contributed by atoms with van der Waals surface area (Å²) in [7, 11) is -1.45. The lowest BCUT2D eigenvalue weighted by atomic mass is 10.1. The first-order chi connectivity index (χ1) is 11.2. The Labute approximate surface area is 137 Å². The van der Waals surface area contributed by atoms with Gasteiger partial charge in [0.15, 0.2) is 0 Å². The average molecular weight is 340 g/mol. The normalized spacial score (nSPS) is 22.7. The largest absolute Gasteiger partial charge is 0.377 e. The number of amides is 2. The lowest BCUT2D eigenvalue weighted by Gasteiger charge is -2.35. The molecule has 1 aliphatic heterocycles. The van der Waals surface area contributed by atoms with Gasteiger partial charge >= 0.3 is 6.03 Å². The van der Waals surface area contributed by atoms with Crippen LogP contribution in [0, 0.1) is 11.7 Å². The summed E-state index contributed by atoms with van der Waals surface area (Å²) < 4.78 is 31.1. The highest BCUT2D eigenvalue weighted by atomic mass is 32.2. The van der Waals surface area contributed by atoms with Gasteiger partial charge in [-0.15, -0.1) is 0 Å². The van der Waals surface area contributed by atoms with E-state index in [1.54, 1.807) is 12.1 Å². The first-order valence-electron chi connectivity index (χ1n) is 7.92. The quantitative estimate of drug-likeness (QED) is 0.888. The number of hydrogen-bond donors (Lipinski definition) is 1. The van der Waals surface area contributed by atoms with Crippen molar-refractivity contribution in [3.05, 3.63) is 30.1 Å². The molecule has 7 heteroatoms. The second-order valence-electron chi connectivity index (χ2n) is 5.89. The highest BCUT2D eigenvalue weighted by molar-refractivity contribution is 7.85. The van der Waals surface area contributed by atoms with E-state index < -0.39 is 16.6 Å². The molecule has 2 aliphatic rings. The summed E-state index contributed by atoms with van der Waals surface area (Å²) in [5.41, 5.74) is 0. The van der Waals surface area contributed by atoms with E-state index in [4.69, 9.17) is 4.74 Å². The fourth-order valence-corrected chi connectivity index (χ4v) is 3.86. The van der Waals surface area contributed by atoms with Crippen molar-refractivity contribution in [3.8, 4) is 0 Å². The Morgan fingerprint density at radius 1 is 1.39 bits per heavy atom. The van der Waals surface area contributed by atoms with Gasteiger partial charge in [0, 0.05) is 18.8 Å². The maximum atomic E-state index is 13.6. The molecule has 1 aromatic carbocycles. The number of carbonyl (C=O) groups is 1. The molecule has 0 spiro atoms.